The smallest absolute Gasteiger partial charge is 0.161 e. The van der Waals surface area contributed by atoms with Gasteiger partial charge in [-0.3, -0.25) is 4.40 Å². The lowest BCUT2D eigenvalue weighted by Crippen LogP contribution is -2.03. The number of aryl methyl sites for hydroxylation is 1. The first-order valence-corrected chi connectivity index (χ1v) is 7.28. The van der Waals surface area contributed by atoms with E-state index in [1.165, 1.54) is 5.56 Å². The van der Waals surface area contributed by atoms with Crippen molar-refractivity contribution in [2.24, 2.45) is 0 Å². The summed E-state index contributed by atoms with van der Waals surface area (Å²) >= 11 is 0. The average molecular weight is 288 g/mol. The fraction of sp³-hybridized carbons (Fsp3) is 0.111. The minimum absolute atomic E-state index is 0.818. The predicted molar refractivity (Wildman–Crippen MR) is 87.5 cm³/mol. The molecule has 0 N–H and O–H groups in total. The summed E-state index contributed by atoms with van der Waals surface area (Å²) in [4.78, 5) is 0. The average Bonchev–Trinajstić information content (AvgIpc) is 3.09. The maximum atomic E-state index is 4.19. The molecule has 0 aliphatic heterocycles. The Morgan fingerprint density at radius 2 is 1.86 bits per heavy atom. The molecule has 108 valence electrons. The van der Waals surface area contributed by atoms with Crippen molar-refractivity contribution in [3.63, 3.8) is 0 Å². The van der Waals surface area contributed by atoms with E-state index in [2.05, 4.69) is 62.5 Å². The van der Waals surface area contributed by atoms with Gasteiger partial charge in [0.25, 0.3) is 0 Å². The van der Waals surface area contributed by atoms with E-state index >= 15 is 0 Å². The van der Waals surface area contributed by atoms with Crippen LogP contribution in [0.1, 0.15) is 17.1 Å². The number of aromatic nitrogens is 4. The van der Waals surface area contributed by atoms with Crippen LogP contribution in [0.5, 0.6) is 0 Å². The monoisotopic (exact) mass is 288 g/mol. The number of hydrogen-bond donors (Lipinski definition) is 0. The molecule has 0 aliphatic carbocycles. The molecule has 0 spiro atoms. The van der Waals surface area contributed by atoms with Gasteiger partial charge in [-0.25, -0.2) is 0 Å². The maximum Gasteiger partial charge on any atom is 0.161 e. The third kappa shape index (κ3) is 1.91. The Kier molecular flexibility index (Phi) is 2.96. The van der Waals surface area contributed by atoms with Crippen LogP contribution in [0.15, 0.2) is 48.5 Å². The summed E-state index contributed by atoms with van der Waals surface area (Å²) in [6.07, 6.45) is 1.90. The molecule has 4 heteroatoms. The van der Waals surface area contributed by atoms with Gasteiger partial charge in [-0.15, -0.1) is 10.2 Å². The molecular formula is C18H16N4. The van der Waals surface area contributed by atoms with Gasteiger partial charge in [0.05, 0.1) is 11.0 Å². The molecule has 0 saturated heterocycles. The van der Waals surface area contributed by atoms with Gasteiger partial charge in [0, 0.05) is 18.7 Å². The van der Waals surface area contributed by atoms with Gasteiger partial charge in [0.15, 0.2) is 5.65 Å². The molecule has 2 radical (unpaired) electrons. The molecule has 0 aliphatic rings. The number of rotatable bonds is 3. The van der Waals surface area contributed by atoms with Gasteiger partial charge in [-0.2, -0.15) is 0 Å². The maximum absolute atomic E-state index is 4.19. The van der Waals surface area contributed by atoms with Crippen molar-refractivity contribution in [1.29, 1.82) is 0 Å². The number of nitrogens with zero attached hydrogens (tertiary/aromatic N) is 4. The van der Waals surface area contributed by atoms with Crippen molar-refractivity contribution in [2.45, 2.75) is 13.5 Å². The molecule has 3 aromatic heterocycles. The highest BCUT2D eigenvalue weighted by molar-refractivity contribution is 5.81. The first-order chi connectivity index (χ1) is 10.8. The highest BCUT2D eigenvalue weighted by Gasteiger charge is 2.13. The molecule has 0 fully saturated rings. The molecule has 22 heavy (non-hydrogen) atoms. The lowest BCUT2D eigenvalue weighted by atomic mass is 10.2. The predicted octanol–water partition coefficient (Wildman–Crippen LogP) is 3.43. The molecule has 0 bridgehead atoms. The molecule has 0 atom stereocenters. The third-order valence-electron chi connectivity index (χ3n) is 4.02. The van der Waals surface area contributed by atoms with Crippen molar-refractivity contribution < 1.29 is 0 Å². The highest BCUT2D eigenvalue weighted by Crippen LogP contribution is 2.24. The number of fused-ring (bicyclic) bond motifs is 3. The van der Waals surface area contributed by atoms with Gasteiger partial charge in [-0.05, 0) is 37.6 Å². The van der Waals surface area contributed by atoms with Crippen LogP contribution in [0.4, 0.5) is 0 Å². The summed E-state index contributed by atoms with van der Waals surface area (Å²) in [6, 6.07) is 16.7. The van der Waals surface area contributed by atoms with Crippen LogP contribution in [-0.2, 0) is 6.54 Å². The quantitative estimate of drug-likeness (QED) is 0.579. The lowest BCUT2D eigenvalue weighted by Gasteiger charge is -2.09. The van der Waals surface area contributed by atoms with Gasteiger partial charge in [0.2, 0.25) is 0 Å². The zero-order chi connectivity index (χ0) is 15.1. The summed E-state index contributed by atoms with van der Waals surface area (Å²) in [7, 11) is 0. The van der Waals surface area contributed by atoms with Crippen molar-refractivity contribution in [2.75, 3.05) is 0 Å². The molecule has 4 rings (SSSR count). The lowest BCUT2D eigenvalue weighted by molar-refractivity contribution is 0.813. The first-order valence-electron chi connectivity index (χ1n) is 7.28. The van der Waals surface area contributed by atoms with E-state index in [1.807, 2.05) is 25.5 Å². The molecule has 3 heterocycles. The van der Waals surface area contributed by atoms with Crippen molar-refractivity contribution in [3.05, 3.63) is 79.0 Å². The van der Waals surface area contributed by atoms with E-state index < -0.39 is 0 Å². The Balaban J connectivity index is 1.97. The summed E-state index contributed by atoms with van der Waals surface area (Å²) in [5.74, 6) is 0.896. The van der Waals surface area contributed by atoms with E-state index in [4.69, 9.17) is 0 Å². The minimum atomic E-state index is 0.818. The largest absolute Gasteiger partial charge is 0.339 e. The molecular weight excluding hydrogens is 272 g/mol. The molecule has 0 unspecified atom stereocenters. The van der Waals surface area contributed by atoms with Crippen molar-refractivity contribution in [3.8, 4) is 0 Å². The van der Waals surface area contributed by atoms with Crippen LogP contribution in [0.25, 0.3) is 16.7 Å². The van der Waals surface area contributed by atoms with Crippen molar-refractivity contribution >= 4 is 16.7 Å². The van der Waals surface area contributed by atoms with Crippen LogP contribution >= 0.6 is 0 Å². The SMILES string of the molecule is [CH2][CH]c1cc2c(ccc3nnc(C)n32)n1Cc1ccccc1. The van der Waals surface area contributed by atoms with E-state index in [9.17, 15) is 0 Å². The van der Waals surface area contributed by atoms with Crippen LogP contribution in [0, 0.1) is 20.3 Å². The van der Waals surface area contributed by atoms with Gasteiger partial charge >= 0.3 is 0 Å². The van der Waals surface area contributed by atoms with E-state index in [0.717, 1.165) is 34.7 Å². The second kappa shape index (κ2) is 4.98. The van der Waals surface area contributed by atoms with Gasteiger partial charge in [0.1, 0.15) is 5.82 Å². The highest BCUT2D eigenvalue weighted by atomic mass is 15.2. The van der Waals surface area contributed by atoms with Gasteiger partial charge in [-0.1, -0.05) is 30.3 Å². The van der Waals surface area contributed by atoms with E-state index in [-0.39, 0.29) is 0 Å². The Labute approximate surface area is 129 Å². The third-order valence-corrected chi connectivity index (χ3v) is 4.02. The standard InChI is InChI=1S/C18H16N4/c1-3-15-11-17-16(9-10-18-20-19-13(2)22(17)18)21(15)12-14-7-5-4-6-8-14/h3-11H,1,12H2,2H3. The topological polar surface area (TPSA) is 35.1 Å². The summed E-state index contributed by atoms with van der Waals surface area (Å²) in [5, 5.41) is 8.37. The molecule has 4 aromatic rings. The van der Waals surface area contributed by atoms with Crippen molar-refractivity contribution in [1.82, 2.24) is 19.2 Å². The van der Waals surface area contributed by atoms with Gasteiger partial charge < -0.3 is 4.57 Å². The van der Waals surface area contributed by atoms with E-state index in [0.29, 0.717) is 0 Å². The number of hydrogen-bond acceptors (Lipinski definition) is 2. The summed E-state index contributed by atoms with van der Waals surface area (Å²) in [6.45, 7) is 6.75. The normalized spacial score (nSPS) is 11.5. The zero-order valence-corrected chi connectivity index (χ0v) is 12.4. The molecule has 1 aromatic carbocycles. The van der Waals surface area contributed by atoms with Crippen LogP contribution in [0.2, 0.25) is 0 Å². The molecule has 0 saturated carbocycles. The van der Waals surface area contributed by atoms with Crippen LogP contribution in [0.3, 0.4) is 0 Å². The fourth-order valence-corrected chi connectivity index (χ4v) is 2.97. The summed E-state index contributed by atoms with van der Waals surface area (Å²) < 4.78 is 4.36. The number of pyridine rings is 1. The second-order valence-electron chi connectivity index (χ2n) is 5.39. The Bertz CT molecular complexity index is 947. The number of benzene rings is 1. The van der Waals surface area contributed by atoms with E-state index in [1.54, 1.807) is 0 Å². The second-order valence-corrected chi connectivity index (χ2v) is 5.39. The minimum Gasteiger partial charge on any atom is -0.339 e. The Morgan fingerprint density at radius 3 is 2.64 bits per heavy atom. The van der Waals surface area contributed by atoms with Crippen LogP contribution < -0.4 is 0 Å². The first kappa shape index (κ1) is 13.1. The zero-order valence-electron chi connectivity index (χ0n) is 12.4. The summed E-state index contributed by atoms with van der Waals surface area (Å²) in [5.41, 5.74) is 5.51. The Hall–Kier alpha value is -2.62. The molecule has 0 amide bonds. The fourth-order valence-electron chi connectivity index (χ4n) is 2.97. The van der Waals surface area contributed by atoms with Crippen LogP contribution in [-0.4, -0.2) is 19.2 Å². The Morgan fingerprint density at radius 1 is 1.05 bits per heavy atom. The molecule has 4 nitrogen and oxygen atoms in total.